The molecule has 1 N–H and O–H groups in total. The fourth-order valence-electron chi connectivity index (χ4n) is 1.69. The summed E-state index contributed by atoms with van der Waals surface area (Å²) in [6.07, 6.45) is 5.99. The van der Waals surface area contributed by atoms with Gasteiger partial charge in [-0.2, -0.15) is 0 Å². The molecule has 1 atom stereocenters. The van der Waals surface area contributed by atoms with Crippen LogP contribution in [0.1, 0.15) is 49.9 Å². The quantitative estimate of drug-likeness (QED) is 0.769. The zero-order valence-electron chi connectivity index (χ0n) is 11.1. The van der Waals surface area contributed by atoms with Crippen molar-refractivity contribution in [3.05, 3.63) is 23.9 Å². The van der Waals surface area contributed by atoms with Crippen molar-refractivity contribution in [2.75, 3.05) is 6.61 Å². The van der Waals surface area contributed by atoms with Crippen LogP contribution in [0.3, 0.4) is 0 Å². The van der Waals surface area contributed by atoms with Crippen molar-refractivity contribution in [2.45, 2.75) is 39.5 Å². The third-order valence-corrected chi connectivity index (χ3v) is 2.99. The average Bonchev–Trinajstić information content (AvgIpc) is 2.39. The molecule has 100 valence electrons. The number of pyridine rings is 1. The van der Waals surface area contributed by atoms with E-state index in [1.165, 1.54) is 31.5 Å². The van der Waals surface area contributed by atoms with Crippen molar-refractivity contribution < 1.29 is 14.6 Å². The molecule has 0 aliphatic carbocycles. The second kappa shape index (κ2) is 7.69. The number of hydrogen-bond donors (Lipinski definition) is 1. The zero-order valence-corrected chi connectivity index (χ0v) is 11.1. The summed E-state index contributed by atoms with van der Waals surface area (Å²) in [6, 6.07) is 3.12. The highest BCUT2D eigenvalue weighted by Gasteiger charge is 2.08. The summed E-state index contributed by atoms with van der Waals surface area (Å²) in [7, 11) is 0. The summed E-state index contributed by atoms with van der Waals surface area (Å²) in [5.74, 6) is 0.0734. The lowest BCUT2D eigenvalue weighted by atomic mass is 10.0. The Morgan fingerprint density at radius 3 is 2.72 bits per heavy atom. The largest absolute Gasteiger partial charge is 0.478 e. The van der Waals surface area contributed by atoms with Crippen LogP contribution in [0.25, 0.3) is 0 Å². The van der Waals surface area contributed by atoms with E-state index >= 15 is 0 Å². The second-order valence-electron chi connectivity index (χ2n) is 4.42. The van der Waals surface area contributed by atoms with Gasteiger partial charge in [-0.3, -0.25) is 0 Å². The first kappa shape index (κ1) is 14.5. The number of carboxylic acid groups (broad SMARTS) is 1. The van der Waals surface area contributed by atoms with Crippen LogP contribution in [0.15, 0.2) is 18.3 Å². The number of ether oxygens (including phenoxy) is 1. The Balaban J connectivity index is 2.44. The van der Waals surface area contributed by atoms with Crippen molar-refractivity contribution in [2.24, 2.45) is 5.92 Å². The second-order valence-corrected chi connectivity index (χ2v) is 4.42. The van der Waals surface area contributed by atoms with Gasteiger partial charge in [-0.25, -0.2) is 9.78 Å². The van der Waals surface area contributed by atoms with E-state index in [9.17, 15) is 4.79 Å². The predicted octanol–water partition coefficient (Wildman–Crippen LogP) is 3.38. The van der Waals surface area contributed by atoms with Gasteiger partial charge in [-0.1, -0.05) is 33.1 Å². The molecule has 0 saturated carbocycles. The Bertz CT molecular complexity index is 362. The minimum absolute atomic E-state index is 0.181. The van der Waals surface area contributed by atoms with E-state index < -0.39 is 5.97 Å². The maximum Gasteiger partial charge on any atom is 0.337 e. The molecular weight excluding hydrogens is 230 g/mol. The Morgan fingerprint density at radius 2 is 2.22 bits per heavy atom. The summed E-state index contributed by atoms with van der Waals surface area (Å²) in [5.41, 5.74) is 0.181. The van der Waals surface area contributed by atoms with Crippen molar-refractivity contribution >= 4 is 5.97 Å². The van der Waals surface area contributed by atoms with Crippen LogP contribution in [0.2, 0.25) is 0 Å². The third-order valence-electron chi connectivity index (χ3n) is 2.99. The molecule has 0 aliphatic rings. The van der Waals surface area contributed by atoms with Crippen molar-refractivity contribution in [1.82, 2.24) is 4.98 Å². The van der Waals surface area contributed by atoms with E-state index in [-0.39, 0.29) is 5.56 Å². The van der Waals surface area contributed by atoms with Crippen LogP contribution in [-0.4, -0.2) is 22.7 Å². The maximum absolute atomic E-state index is 10.7. The van der Waals surface area contributed by atoms with Gasteiger partial charge < -0.3 is 9.84 Å². The minimum Gasteiger partial charge on any atom is -0.478 e. The molecular formula is C14H21NO3. The Kier molecular flexibility index (Phi) is 6.19. The monoisotopic (exact) mass is 251 g/mol. The van der Waals surface area contributed by atoms with Gasteiger partial charge in [0.1, 0.15) is 0 Å². The molecule has 4 nitrogen and oxygen atoms in total. The van der Waals surface area contributed by atoms with E-state index in [2.05, 4.69) is 18.8 Å². The highest BCUT2D eigenvalue weighted by Crippen LogP contribution is 2.15. The zero-order chi connectivity index (χ0) is 13.4. The maximum atomic E-state index is 10.7. The van der Waals surface area contributed by atoms with Gasteiger partial charge in [0.2, 0.25) is 5.88 Å². The predicted molar refractivity (Wildman–Crippen MR) is 70.0 cm³/mol. The molecule has 18 heavy (non-hydrogen) atoms. The van der Waals surface area contributed by atoms with E-state index in [4.69, 9.17) is 9.84 Å². The lowest BCUT2D eigenvalue weighted by molar-refractivity contribution is 0.0696. The minimum atomic E-state index is -0.969. The van der Waals surface area contributed by atoms with Crippen LogP contribution in [-0.2, 0) is 0 Å². The Labute approximate surface area is 108 Å². The van der Waals surface area contributed by atoms with E-state index in [0.717, 1.165) is 6.42 Å². The molecule has 0 amide bonds. The SMILES string of the molecule is CCCCC(CC)COc1ccc(C(=O)O)cn1. The lowest BCUT2D eigenvalue weighted by Gasteiger charge is -2.14. The molecule has 0 spiro atoms. The van der Waals surface area contributed by atoms with Crippen LogP contribution in [0.5, 0.6) is 5.88 Å². The van der Waals surface area contributed by atoms with Gasteiger partial charge in [0, 0.05) is 12.3 Å². The summed E-state index contributed by atoms with van der Waals surface area (Å²) >= 11 is 0. The standard InChI is InChI=1S/C14H21NO3/c1-3-5-6-11(4-2)10-18-13-8-7-12(9-15-13)14(16)17/h7-9,11H,3-6,10H2,1-2H3,(H,16,17). The number of carboxylic acids is 1. The number of rotatable bonds is 8. The normalized spacial score (nSPS) is 12.1. The number of nitrogens with zero attached hydrogens (tertiary/aromatic N) is 1. The first-order valence-corrected chi connectivity index (χ1v) is 6.49. The Morgan fingerprint density at radius 1 is 1.44 bits per heavy atom. The number of hydrogen-bond acceptors (Lipinski definition) is 3. The molecule has 0 bridgehead atoms. The van der Waals surface area contributed by atoms with Crippen molar-refractivity contribution in [3.8, 4) is 5.88 Å². The van der Waals surface area contributed by atoms with Gasteiger partial charge in [0.05, 0.1) is 12.2 Å². The molecule has 0 aromatic carbocycles. The number of unbranched alkanes of at least 4 members (excludes halogenated alkanes) is 1. The summed E-state index contributed by atoms with van der Waals surface area (Å²) < 4.78 is 5.59. The van der Waals surface area contributed by atoms with Crippen LogP contribution in [0.4, 0.5) is 0 Å². The molecule has 1 heterocycles. The first-order chi connectivity index (χ1) is 8.67. The topological polar surface area (TPSA) is 59.4 Å². The fraction of sp³-hybridized carbons (Fsp3) is 0.571. The summed E-state index contributed by atoms with van der Waals surface area (Å²) in [4.78, 5) is 14.6. The van der Waals surface area contributed by atoms with Gasteiger partial charge >= 0.3 is 5.97 Å². The third kappa shape index (κ3) is 4.73. The van der Waals surface area contributed by atoms with Gasteiger partial charge in [0.15, 0.2) is 0 Å². The van der Waals surface area contributed by atoms with Gasteiger partial charge in [0.25, 0.3) is 0 Å². The number of carbonyl (C=O) groups is 1. The van der Waals surface area contributed by atoms with Crippen molar-refractivity contribution in [3.63, 3.8) is 0 Å². The summed E-state index contributed by atoms with van der Waals surface area (Å²) in [5, 5.41) is 8.75. The molecule has 4 heteroatoms. The first-order valence-electron chi connectivity index (χ1n) is 6.49. The fourth-order valence-corrected chi connectivity index (χ4v) is 1.69. The van der Waals surface area contributed by atoms with E-state index in [1.54, 1.807) is 6.07 Å². The lowest BCUT2D eigenvalue weighted by Crippen LogP contribution is -2.12. The van der Waals surface area contributed by atoms with Crippen LogP contribution >= 0.6 is 0 Å². The van der Waals surface area contributed by atoms with E-state index in [1.807, 2.05) is 0 Å². The highest BCUT2D eigenvalue weighted by atomic mass is 16.5. The molecule has 1 unspecified atom stereocenters. The van der Waals surface area contributed by atoms with Crippen LogP contribution in [0, 0.1) is 5.92 Å². The number of aromatic carboxylic acids is 1. The molecule has 1 rings (SSSR count). The molecule has 0 aliphatic heterocycles. The highest BCUT2D eigenvalue weighted by molar-refractivity contribution is 5.87. The molecule has 1 aromatic rings. The van der Waals surface area contributed by atoms with Crippen molar-refractivity contribution in [1.29, 1.82) is 0 Å². The number of aromatic nitrogens is 1. The molecule has 0 radical (unpaired) electrons. The van der Waals surface area contributed by atoms with Gasteiger partial charge in [-0.15, -0.1) is 0 Å². The molecule has 0 fully saturated rings. The molecule has 1 aromatic heterocycles. The average molecular weight is 251 g/mol. The van der Waals surface area contributed by atoms with E-state index in [0.29, 0.717) is 18.4 Å². The summed E-state index contributed by atoms with van der Waals surface area (Å²) in [6.45, 7) is 4.99. The van der Waals surface area contributed by atoms with Crippen LogP contribution < -0.4 is 4.74 Å². The molecule has 0 saturated heterocycles. The smallest absolute Gasteiger partial charge is 0.337 e. The van der Waals surface area contributed by atoms with Gasteiger partial charge in [-0.05, 0) is 18.4 Å². The Hall–Kier alpha value is -1.58.